The molecular formula is C19H43NO4Si2. The van der Waals surface area contributed by atoms with Crippen LogP contribution in [-0.4, -0.2) is 58.1 Å². The molecule has 0 aliphatic rings. The molecule has 0 aromatic rings. The lowest BCUT2D eigenvalue weighted by Crippen LogP contribution is -2.46. The Hall–Kier alpha value is 0.234. The number of rotatable bonds is 19. The Morgan fingerprint density at radius 2 is 1.35 bits per heavy atom. The molecule has 0 saturated heterocycles. The zero-order chi connectivity index (χ0) is 19.7. The van der Waals surface area contributed by atoms with Crippen LogP contribution in [0.3, 0.4) is 0 Å². The quantitative estimate of drug-likeness (QED) is 0.254. The number of hydrogen-bond acceptors (Lipinski definition) is 5. The predicted molar refractivity (Wildman–Crippen MR) is 113 cm³/mol. The maximum absolute atomic E-state index is 5.89. The predicted octanol–water partition coefficient (Wildman–Crippen LogP) is 4.43. The first-order valence-electron chi connectivity index (χ1n) is 10.5. The van der Waals surface area contributed by atoms with Crippen LogP contribution < -0.4 is 5.32 Å². The molecule has 0 amide bonds. The summed E-state index contributed by atoms with van der Waals surface area (Å²) in [5.41, 5.74) is 0. The van der Waals surface area contributed by atoms with Crippen LogP contribution in [0.25, 0.3) is 0 Å². The summed E-state index contributed by atoms with van der Waals surface area (Å²) >= 11 is 0. The van der Waals surface area contributed by atoms with Crippen LogP contribution in [0.15, 0.2) is 0 Å². The van der Waals surface area contributed by atoms with Crippen molar-refractivity contribution in [1.29, 1.82) is 0 Å². The summed E-state index contributed by atoms with van der Waals surface area (Å²) in [5, 5.41) is 3.88. The first kappa shape index (κ1) is 26.2. The average molecular weight is 406 g/mol. The van der Waals surface area contributed by atoms with Crippen molar-refractivity contribution in [1.82, 2.24) is 5.32 Å². The number of unbranched alkanes of at least 4 members (excludes halogenated alkanes) is 2. The van der Waals surface area contributed by atoms with Gasteiger partial charge in [-0.25, -0.2) is 0 Å². The van der Waals surface area contributed by atoms with Gasteiger partial charge in [-0.1, -0.05) is 26.7 Å². The van der Waals surface area contributed by atoms with Gasteiger partial charge in [0.2, 0.25) is 9.76 Å². The molecule has 1 N–H and O–H groups in total. The van der Waals surface area contributed by atoms with Crippen LogP contribution in [0, 0.1) is 0 Å². The van der Waals surface area contributed by atoms with E-state index in [-0.39, 0.29) is 0 Å². The highest BCUT2D eigenvalue weighted by molar-refractivity contribution is 6.60. The van der Waals surface area contributed by atoms with Crippen molar-refractivity contribution < 1.29 is 17.7 Å². The zero-order valence-electron chi connectivity index (χ0n) is 18.1. The first-order valence-corrected chi connectivity index (χ1v) is 13.3. The van der Waals surface area contributed by atoms with E-state index in [1.807, 2.05) is 20.8 Å². The van der Waals surface area contributed by atoms with Crippen molar-refractivity contribution in [2.24, 2.45) is 0 Å². The van der Waals surface area contributed by atoms with Gasteiger partial charge in [-0.2, -0.15) is 0 Å². The maximum atomic E-state index is 5.89. The van der Waals surface area contributed by atoms with Crippen molar-refractivity contribution in [2.75, 3.05) is 39.5 Å². The minimum Gasteiger partial charge on any atom is -0.417 e. The van der Waals surface area contributed by atoms with E-state index >= 15 is 0 Å². The third kappa shape index (κ3) is 13.4. The molecule has 156 valence electrons. The molecule has 0 aromatic carbocycles. The monoisotopic (exact) mass is 405 g/mol. The second-order valence-electron chi connectivity index (χ2n) is 7.07. The molecule has 0 aliphatic carbocycles. The fraction of sp³-hybridized carbons (Fsp3) is 1.00. The van der Waals surface area contributed by atoms with E-state index in [1.54, 1.807) is 0 Å². The Bertz CT molecular complexity index is 303. The van der Waals surface area contributed by atoms with E-state index in [1.165, 1.54) is 25.7 Å². The van der Waals surface area contributed by atoms with Gasteiger partial charge in [0.15, 0.2) is 0 Å². The summed E-state index contributed by atoms with van der Waals surface area (Å²) in [7, 11) is -1.84. The van der Waals surface area contributed by atoms with Gasteiger partial charge in [0.1, 0.15) is 0 Å². The van der Waals surface area contributed by atoms with Crippen LogP contribution in [0.1, 0.15) is 73.6 Å². The molecule has 0 fully saturated rings. The van der Waals surface area contributed by atoms with Crippen molar-refractivity contribution in [3.8, 4) is 0 Å². The third-order valence-electron chi connectivity index (χ3n) is 4.08. The normalized spacial score (nSPS) is 12.7. The van der Waals surface area contributed by atoms with Crippen molar-refractivity contribution >= 4 is 18.6 Å². The van der Waals surface area contributed by atoms with E-state index in [2.05, 4.69) is 26.1 Å². The second kappa shape index (κ2) is 16.2. The summed E-state index contributed by atoms with van der Waals surface area (Å²) < 4.78 is 23.2. The molecule has 0 spiro atoms. The van der Waals surface area contributed by atoms with Crippen LogP contribution in [0.4, 0.5) is 0 Å². The molecule has 26 heavy (non-hydrogen) atoms. The standard InChI is InChI=1S/C19H43NO4Si2/c1-7-21-25-19(5,6)15-12-11-13-16-20-17-14-18-26(22-8-2,23-9-3)24-10-4/h20H,7-18H2,1-6H3. The fourth-order valence-corrected chi connectivity index (χ4v) is 6.29. The van der Waals surface area contributed by atoms with Crippen molar-refractivity contribution in [3.63, 3.8) is 0 Å². The van der Waals surface area contributed by atoms with Crippen molar-refractivity contribution in [3.05, 3.63) is 0 Å². The molecule has 7 heteroatoms. The number of hydrogen-bond donors (Lipinski definition) is 1. The third-order valence-corrected chi connectivity index (χ3v) is 8.46. The number of nitrogens with one attached hydrogen (secondary N) is 1. The summed E-state index contributed by atoms with van der Waals surface area (Å²) in [4.78, 5) is 0. The molecule has 0 aliphatic heterocycles. The van der Waals surface area contributed by atoms with Crippen LogP contribution in [0.5, 0.6) is 0 Å². The Labute approximate surface area is 166 Å². The van der Waals surface area contributed by atoms with Gasteiger partial charge in [0.25, 0.3) is 0 Å². The van der Waals surface area contributed by atoms with Gasteiger partial charge in [-0.3, -0.25) is 0 Å². The summed E-state index contributed by atoms with van der Waals surface area (Å²) in [5.74, 6) is 0. The highest BCUT2D eigenvalue weighted by atomic mass is 28.4. The summed E-state index contributed by atoms with van der Waals surface area (Å²) in [6.45, 7) is 17.6. The van der Waals surface area contributed by atoms with E-state index in [4.69, 9.17) is 17.7 Å². The molecule has 5 nitrogen and oxygen atoms in total. The molecular weight excluding hydrogens is 362 g/mol. The highest BCUT2D eigenvalue weighted by Gasteiger charge is 2.39. The molecule has 0 atom stereocenters. The lowest BCUT2D eigenvalue weighted by molar-refractivity contribution is 0.0708. The van der Waals surface area contributed by atoms with Gasteiger partial charge < -0.3 is 23.0 Å². The van der Waals surface area contributed by atoms with Crippen molar-refractivity contribution in [2.45, 2.75) is 84.7 Å². The van der Waals surface area contributed by atoms with Gasteiger partial charge in [-0.05, 0) is 65.1 Å². The summed E-state index contributed by atoms with van der Waals surface area (Å²) in [6, 6.07) is 0.891. The van der Waals surface area contributed by atoms with Crippen LogP contribution in [-0.2, 0) is 17.7 Å². The summed E-state index contributed by atoms with van der Waals surface area (Å²) in [6.07, 6.45) is 6.08. The van der Waals surface area contributed by atoms with E-state index in [0.717, 1.165) is 32.2 Å². The Morgan fingerprint density at radius 3 is 1.88 bits per heavy atom. The Morgan fingerprint density at radius 1 is 0.769 bits per heavy atom. The largest absolute Gasteiger partial charge is 0.500 e. The molecule has 0 rings (SSSR count). The van der Waals surface area contributed by atoms with Gasteiger partial charge in [0, 0.05) is 32.5 Å². The lowest BCUT2D eigenvalue weighted by atomic mass is 10.0. The van der Waals surface area contributed by atoms with Gasteiger partial charge >= 0.3 is 8.80 Å². The van der Waals surface area contributed by atoms with E-state index in [0.29, 0.717) is 34.6 Å². The minimum atomic E-state index is -2.46. The minimum absolute atomic E-state index is 0.329. The zero-order valence-corrected chi connectivity index (χ0v) is 20.1. The molecule has 0 unspecified atom stereocenters. The smallest absolute Gasteiger partial charge is 0.417 e. The Kier molecular flexibility index (Phi) is 16.4. The molecule has 0 aromatic heterocycles. The topological polar surface area (TPSA) is 49.0 Å². The van der Waals surface area contributed by atoms with E-state index in [9.17, 15) is 0 Å². The fourth-order valence-electron chi connectivity index (χ4n) is 2.87. The molecule has 0 saturated carbocycles. The average Bonchev–Trinajstić information content (AvgIpc) is 2.59. The SMILES string of the molecule is CCO[Si]C(C)(C)CCCCCNCCC[Si](OCC)(OCC)OCC. The highest BCUT2D eigenvalue weighted by Crippen LogP contribution is 2.30. The van der Waals surface area contributed by atoms with Crippen LogP contribution >= 0.6 is 0 Å². The second-order valence-corrected chi connectivity index (χ2v) is 11.6. The molecule has 0 heterocycles. The molecule has 2 radical (unpaired) electrons. The maximum Gasteiger partial charge on any atom is 0.500 e. The van der Waals surface area contributed by atoms with Crippen LogP contribution in [0.2, 0.25) is 11.1 Å². The lowest BCUT2D eigenvalue weighted by Gasteiger charge is -2.28. The first-order chi connectivity index (χ1) is 12.4. The van der Waals surface area contributed by atoms with Gasteiger partial charge in [0.05, 0.1) is 0 Å². The van der Waals surface area contributed by atoms with Gasteiger partial charge in [-0.15, -0.1) is 0 Å². The van der Waals surface area contributed by atoms with E-state index < -0.39 is 8.80 Å². The Balaban J connectivity index is 3.78. The molecule has 0 bridgehead atoms.